The van der Waals surface area contributed by atoms with Crippen molar-refractivity contribution in [3.05, 3.63) is 40.4 Å². The van der Waals surface area contributed by atoms with Gasteiger partial charge in [0.2, 0.25) is 0 Å². The second kappa shape index (κ2) is 7.04. The van der Waals surface area contributed by atoms with Gasteiger partial charge in [0, 0.05) is 5.38 Å². The number of nitrogens with two attached hydrogens (primary N) is 1. The molecule has 1 heterocycles. The van der Waals surface area contributed by atoms with Gasteiger partial charge in [-0.2, -0.15) is 5.10 Å². The van der Waals surface area contributed by atoms with Crippen LogP contribution in [0.3, 0.4) is 0 Å². The maximum absolute atomic E-state index is 11.7. The van der Waals surface area contributed by atoms with E-state index in [0.717, 1.165) is 11.1 Å². The predicted octanol–water partition coefficient (Wildman–Crippen LogP) is 2.26. The lowest BCUT2D eigenvalue weighted by atomic mass is 10.1. The number of carbonyl (C=O) groups is 1. The molecule has 0 spiro atoms. The number of rotatable bonds is 5. The van der Waals surface area contributed by atoms with Crippen LogP contribution in [-0.2, 0) is 4.79 Å². The standard InChI is InChI=1S/C15H18N4O2S/c1-9-4-10(2)6-12(5-9)21-7-14(20)19-18-11(3)13-8-22-15(16)17-13/h4-6,8H,7H2,1-3H3,(H2,16,17)(H,19,20). The van der Waals surface area contributed by atoms with Gasteiger partial charge in [-0.15, -0.1) is 11.3 Å². The van der Waals surface area contributed by atoms with Gasteiger partial charge in [0.15, 0.2) is 11.7 Å². The van der Waals surface area contributed by atoms with E-state index >= 15 is 0 Å². The maximum atomic E-state index is 11.7. The van der Waals surface area contributed by atoms with E-state index in [4.69, 9.17) is 10.5 Å². The highest BCUT2D eigenvalue weighted by Gasteiger charge is 2.05. The van der Waals surface area contributed by atoms with Gasteiger partial charge in [0.1, 0.15) is 5.75 Å². The van der Waals surface area contributed by atoms with E-state index in [9.17, 15) is 4.79 Å². The number of amides is 1. The minimum atomic E-state index is -0.332. The molecule has 7 heteroatoms. The Labute approximate surface area is 133 Å². The fourth-order valence-electron chi connectivity index (χ4n) is 1.85. The van der Waals surface area contributed by atoms with Gasteiger partial charge >= 0.3 is 0 Å². The number of hydrogen-bond acceptors (Lipinski definition) is 6. The highest BCUT2D eigenvalue weighted by molar-refractivity contribution is 7.13. The minimum absolute atomic E-state index is 0.0983. The molecular weight excluding hydrogens is 300 g/mol. The quantitative estimate of drug-likeness (QED) is 0.653. The highest BCUT2D eigenvalue weighted by Crippen LogP contribution is 2.16. The molecule has 0 saturated carbocycles. The molecule has 1 amide bonds. The van der Waals surface area contributed by atoms with Crippen molar-refractivity contribution in [2.24, 2.45) is 5.10 Å². The van der Waals surface area contributed by atoms with E-state index in [1.165, 1.54) is 11.3 Å². The largest absolute Gasteiger partial charge is 0.484 e. The van der Waals surface area contributed by atoms with Crippen molar-refractivity contribution in [3.63, 3.8) is 0 Å². The molecule has 2 aromatic rings. The summed E-state index contributed by atoms with van der Waals surface area (Å²) in [5.74, 6) is 0.335. The lowest BCUT2D eigenvalue weighted by molar-refractivity contribution is -0.123. The first-order valence-electron chi connectivity index (χ1n) is 6.69. The van der Waals surface area contributed by atoms with E-state index in [2.05, 4.69) is 15.5 Å². The molecule has 0 unspecified atom stereocenters. The zero-order valence-corrected chi connectivity index (χ0v) is 13.5. The van der Waals surface area contributed by atoms with Crippen molar-refractivity contribution in [2.45, 2.75) is 20.8 Å². The van der Waals surface area contributed by atoms with E-state index < -0.39 is 0 Å². The average molecular weight is 318 g/mol. The summed E-state index contributed by atoms with van der Waals surface area (Å²) in [7, 11) is 0. The van der Waals surface area contributed by atoms with Crippen LogP contribution < -0.4 is 15.9 Å². The number of nitrogens with one attached hydrogen (secondary N) is 1. The molecule has 0 bridgehead atoms. The molecule has 0 fully saturated rings. The molecule has 1 aromatic heterocycles. The Morgan fingerprint density at radius 2 is 2.05 bits per heavy atom. The molecule has 22 heavy (non-hydrogen) atoms. The Morgan fingerprint density at radius 1 is 1.36 bits per heavy atom. The summed E-state index contributed by atoms with van der Waals surface area (Å²) in [4.78, 5) is 15.8. The smallest absolute Gasteiger partial charge is 0.277 e. The first kappa shape index (κ1) is 16.0. The summed E-state index contributed by atoms with van der Waals surface area (Å²) < 4.78 is 5.46. The van der Waals surface area contributed by atoms with Gasteiger partial charge in [0.25, 0.3) is 5.91 Å². The Kier molecular flexibility index (Phi) is 5.11. The number of carbonyl (C=O) groups excluding carboxylic acids is 1. The van der Waals surface area contributed by atoms with Crippen LogP contribution >= 0.6 is 11.3 Å². The van der Waals surface area contributed by atoms with Crippen LogP contribution in [-0.4, -0.2) is 23.2 Å². The molecule has 0 aliphatic heterocycles. The normalized spacial score (nSPS) is 11.3. The Bertz CT molecular complexity index is 689. The van der Waals surface area contributed by atoms with Crippen LogP contribution in [0.1, 0.15) is 23.7 Å². The van der Waals surface area contributed by atoms with E-state index in [0.29, 0.717) is 22.3 Å². The Balaban J connectivity index is 1.87. The molecule has 6 nitrogen and oxygen atoms in total. The molecule has 0 atom stereocenters. The number of nitrogens with zero attached hydrogens (tertiary/aromatic N) is 2. The molecule has 2 rings (SSSR count). The van der Waals surface area contributed by atoms with Crippen molar-refractivity contribution < 1.29 is 9.53 Å². The van der Waals surface area contributed by atoms with Crippen LogP contribution in [0.2, 0.25) is 0 Å². The molecule has 3 N–H and O–H groups in total. The van der Waals surface area contributed by atoms with Gasteiger partial charge in [-0.3, -0.25) is 4.79 Å². The number of thiazole rings is 1. The summed E-state index contributed by atoms with van der Waals surface area (Å²) in [5, 5.41) is 6.23. The first-order chi connectivity index (χ1) is 10.4. The second-order valence-electron chi connectivity index (χ2n) is 4.92. The predicted molar refractivity (Wildman–Crippen MR) is 88.3 cm³/mol. The summed E-state index contributed by atoms with van der Waals surface area (Å²) >= 11 is 1.33. The lowest BCUT2D eigenvalue weighted by Crippen LogP contribution is -2.25. The summed E-state index contributed by atoms with van der Waals surface area (Å²) in [5.41, 5.74) is 11.4. The highest BCUT2D eigenvalue weighted by atomic mass is 32.1. The third-order valence-electron chi connectivity index (χ3n) is 2.81. The van der Waals surface area contributed by atoms with Crippen molar-refractivity contribution >= 4 is 28.1 Å². The fourth-order valence-corrected chi connectivity index (χ4v) is 2.46. The van der Waals surface area contributed by atoms with Gasteiger partial charge < -0.3 is 10.5 Å². The van der Waals surface area contributed by atoms with E-state index in [1.54, 1.807) is 12.3 Å². The fraction of sp³-hybridized carbons (Fsp3) is 0.267. The lowest BCUT2D eigenvalue weighted by Gasteiger charge is -2.07. The van der Waals surface area contributed by atoms with Crippen molar-refractivity contribution in [1.82, 2.24) is 10.4 Å². The minimum Gasteiger partial charge on any atom is -0.484 e. The molecule has 1 aromatic carbocycles. The Morgan fingerprint density at radius 3 is 2.64 bits per heavy atom. The topological polar surface area (TPSA) is 89.6 Å². The summed E-state index contributed by atoms with van der Waals surface area (Å²) in [6, 6.07) is 5.81. The van der Waals surface area contributed by atoms with Gasteiger partial charge in [-0.25, -0.2) is 10.4 Å². The van der Waals surface area contributed by atoms with Crippen LogP contribution in [0.5, 0.6) is 5.75 Å². The average Bonchev–Trinajstić information content (AvgIpc) is 2.88. The van der Waals surface area contributed by atoms with Crippen LogP contribution in [0, 0.1) is 13.8 Å². The molecule has 0 aliphatic carbocycles. The van der Waals surface area contributed by atoms with Gasteiger partial charge in [0.05, 0.1) is 11.4 Å². The van der Waals surface area contributed by atoms with Crippen molar-refractivity contribution in [3.8, 4) is 5.75 Å². The number of ether oxygens (including phenoxy) is 1. The zero-order valence-electron chi connectivity index (χ0n) is 12.7. The van der Waals surface area contributed by atoms with E-state index in [1.807, 2.05) is 32.0 Å². The third kappa shape index (κ3) is 4.56. The number of aromatic nitrogens is 1. The molecular formula is C15H18N4O2S. The maximum Gasteiger partial charge on any atom is 0.277 e. The van der Waals surface area contributed by atoms with Crippen LogP contribution in [0.4, 0.5) is 5.13 Å². The number of benzene rings is 1. The van der Waals surface area contributed by atoms with Crippen LogP contribution in [0.25, 0.3) is 0 Å². The number of nitrogen functional groups attached to an aromatic ring is 1. The van der Waals surface area contributed by atoms with Crippen LogP contribution in [0.15, 0.2) is 28.7 Å². The second-order valence-corrected chi connectivity index (χ2v) is 5.80. The van der Waals surface area contributed by atoms with Crippen molar-refractivity contribution in [2.75, 3.05) is 12.3 Å². The number of hydrazone groups is 1. The van der Waals surface area contributed by atoms with Gasteiger partial charge in [-0.1, -0.05) is 6.07 Å². The first-order valence-corrected chi connectivity index (χ1v) is 7.57. The van der Waals surface area contributed by atoms with E-state index in [-0.39, 0.29) is 12.5 Å². The third-order valence-corrected chi connectivity index (χ3v) is 3.48. The summed E-state index contributed by atoms with van der Waals surface area (Å²) in [6.45, 7) is 5.61. The van der Waals surface area contributed by atoms with Gasteiger partial charge in [-0.05, 0) is 44.0 Å². The number of hydrogen-bond donors (Lipinski definition) is 2. The summed E-state index contributed by atoms with van der Waals surface area (Å²) in [6.07, 6.45) is 0. The molecule has 0 radical (unpaired) electrons. The molecule has 116 valence electrons. The Hall–Kier alpha value is -2.41. The SMILES string of the molecule is CC(=NNC(=O)COc1cc(C)cc(C)c1)c1csc(N)n1. The molecule has 0 saturated heterocycles. The molecule has 0 aliphatic rings. The van der Waals surface area contributed by atoms with Crippen molar-refractivity contribution in [1.29, 1.82) is 0 Å². The zero-order chi connectivity index (χ0) is 16.1. The number of aryl methyl sites for hydroxylation is 2. The monoisotopic (exact) mass is 318 g/mol. The number of anilines is 1.